The number of halogens is 1. The highest BCUT2D eigenvalue weighted by atomic mass is 19.1. The first-order valence-electron chi connectivity index (χ1n) is 10.7. The Labute approximate surface area is 195 Å². The molecule has 0 spiro atoms. The lowest BCUT2D eigenvalue weighted by atomic mass is 9.96. The van der Waals surface area contributed by atoms with Crippen LogP contribution >= 0.6 is 0 Å². The number of carbonyl (C=O) groups is 2. The number of hydrogen-bond acceptors (Lipinski definition) is 5. The third-order valence-corrected chi connectivity index (χ3v) is 5.67. The minimum absolute atomic E-state index is 0.0299. The van der Waals surface area contributed by atoms with Crippen LogP contribution in [0.4, 0.5) is 15.8 Å². The first-order valence-corrected chi connectivity index (χ1v) is 10.7. The quantitative estimate of drug-likeness (QED) is 0.554. The van der Waals surface area contributed by atoms with Crippen molar-refractivity contribution < 1.29 is 18.7 Å². The number of anilines is 2. The second-order valence-corrected chi connectivity index (χ2v) is 8.26. The molecule has 8 heteroatoms. The minimum atomic E-state index is -0.379. The van der Waals surface area contributed by atoms with E-state index >= 15 is 0 Å². The molecular formula is C26H24FN3O4. The molecule has 174 valence electrons. The molecule has 1 amide bonds. The number of pyridine rings is 1. The Hall–Kier alpha value is -4.20. The summed E-state index contributed by atoms with van der Waals surface area (Å²) in [5, 5.41) is 5.80. The summed E-state index contributed by atoms with van der Waals surface area (Å²) in [6.45, 7) is 7.09. The molecule has 0 aliphatic carbocycles. The number of ether oxygens (including phenoxy) is 1. The number of fused-ring (bicyclic) bond motifs is 1. The van der Waals surface area contributed by atoms with Crippen molar-refractivity contribution in [2.75, 3.05) is 17.2 Å². The van der Waals surface area contributed by atoms with E-state index in [4.69, 9.17) is 4.74 Å². The van der Waals surface area contributed by atoms with Gasteiger partial charge in [0.05, 0.1) is 12.2 Å². The summed E-state index contributed by atoms with van der Waals surface area (Å²) in [5.41, 5.74) is 3.62. The van der Waals surface area contributed by atoms with Crippen LogP contribution in [0.1, 0.15) is 16.7 Å². The van der Waals surface area contributed by atoms with Crippen molar-refractivity contribution in [2.45, 2.75) is 20.3 Å². The average molecular weight is 461 g/mol. The summed E-state index contributed by atoms with van der Waals surface area (Å²) in [6.07, 6.45) is 2.86. The molecular weight excluding hydrogens is 437 g/mol. The highest BCUT2D eigenvalue weighted by Gasteiger charge is 2.25. The van der Waals surface area contributed by atoms with Gasteiger partial charge in [0.25, 0.3) is 5.56 Å². The Morgan fingerprint density at radius 2 is 1.88 bits per heavy atom. The lowest BCUT2D eigenvalue weighted by molar-refractivity contribution is -0.117. The first kappa shape index (κ1) is 23.0. The van der Waals surface area contributed by atoms with Gasteiger partial charge in [0, 0.05) is 42.0 Å². The van der Waals surface area contributed by atoms with Crippen LogP contribution in [-0.4, -0.2) is 22.8 Å². The van der Waals surface area contributed by atoms with E-state index < -0.39 is 0 Å². The largest absolute Gasteiger partial charge is 0.456 e. The number of carbonyl (C=O) groups excluding carboxylic acids is 2. The number of nitrogens with zero attached hydrogens (tertiary/aromatic N) is 1. The third-order valence-electron chi connectivity index (χ3n) is 5.67. The topological polar surface area (TPSA) is 89.4 Å². The van der Waals surface area contributed by atoms with Gasteiger partial charge in [-0.25, -0.2) is 4.39 Å². The number of benzene rings is 2. The van der Waals surface area contributed by atoms with E-state index in [0.717, 1.165) is 6.08 Å². The molecule has 0 radical (unpaired) electrons. The summed E-state index contributed by atoms with van der Waals surface area (Å²) in [6, 6.07) is 7.88. The van der Waals surface area contributed by atoms with Gasteiger partial charge in [-0.3, -0.25) is 14.4 Å². The van der Waals surface area contributed by atoms with E-state index in [9.17, 15) is 18.8 Å². The Kier molecular flexibility index (Phi) is 6.06. The van der Waals surface area contributed by atoms with Crippen LogP contribution in [-0.2, 0) is 23.1 Å². The van der Waals surface area contributed by atoms with Gasteiger partial charge in [-0.05, 0) is 61.4 Å². The average Bonchev–Trinajstić information content (AvgIpc) is 2.79. The van der Waals surface area contributed by atoms with Gasteiger partial charge < -0.3 is 19.9 Å². The summed E-state index contributed by atoms with van der Waals surface area (Å²) in [7, 11) is 1.61. The van der Waals surface area contributed by atoms with Crippen LogP contribution in [0.2, 0.25) is 0 Å². The lowest BCUT2D eigenvalue weighted by Crippen LogP contribution is -2.32. The van der Waals surface area contributed by atoms with Gasteiger partial charge in [0.2, 0.25) is 5.91 Å². The van der Waals surface area contributed by atoms with Crippen molar-refractivity contribution in [1.82, 2.24) is 4.57 Å². The van der Waals surface area contributed by atoms with Crippen LogP contribution in [0.5, 0.6) is 11.5 Å². The highest BCUT2D eigenvalue weighted by molar-refractivity contribution is 6.00. The fourth-order valence-corrected chi connectivity index (χ4v) is 4.08. The number of hydrogen-bond donors (Lipinski definition) is 2. The Morgan fingerprint density at radius 3 is 2.56 bits per heavy atom. The van der Waals surface area contributed by atoms with E-state index in [1.54, 1.807) is 45.3 Å². The Morgan fingerprint density at radius 1 is 1.18 bits per heavy atom. The molecule has 1 aliphatic heterocycles. The normalized spacial score (nSPS) is 12.5. The standard InChI is InChI=1S/C26H24FN3O4/c1-5-23(32)29-17-6-7-22(34-25-14(2)8-16(27)9-15(25)3)19(10-17)21-13-30(4)26(33)20-11-18(31)12-28-24(20)21/h5-10,13,28H,1,11-12H2,2-4H3,(H,29,32). The number of aryl methyl sites for hydroxylation is 3. The second kappa shape index (κ2) is 8.97. The van der Waals surface area contributed by atoms with E-state index in [1.165, 1.54) is 16.7 Å². The fraction of sp³-hybridized carbons (Fsp3) is 0.192. The molecule has 2 aromatic carbocycles. The fourth-order valence-electron chi connectivity index (χ4n) is 4.08. The molecule has 0 atom stereocenters. The molecule has 2 heterocycles. The van der Waals surface area contributed by atoms with Crippen molar-refractivity contribution in [3.8, 4) is 22.6 Å². The molecule has 0 saturated heterocycles. The van der Waals surface area contributed by atoms with Crippen LogP contribution in [0.15, 0.2) is 54.0 Å². The van der Waals surface area contributed by atoms with Crippen molar-refractivity contribution in [2.24, 2.45) is 7.05 Å². The number of amides is 1. The molecule has 4 rings (SSSR count). The number of rotatable bonds is 5. The van der Waals surface area contributed by atoms with E-state index in [0.29, 0.717) is 50.7 Å². The maximum absolute atomic E-state index is 13.8. The Balaban J connectivity index is 1.93. The molecule has 0 unspecified atom stereocenters. The van der Waals surface area contributed by atoms with Gasteiger partial charge in [-0.1, -0.05) is 6.58 Å². The molecule has 3 aromatic rings. The molecule has 0 bridgehead atoms. The van der Waals surface area contributed by atoms with Crippen LogP contribution in [0.25, 0.3) is 11.1 Å². The van der Waals surface area contributed by atoms with Gasteiger partial charge in [-0.2, -0.15) is 0 Å². The third kappa shape index (κ3) is 4.34. The monoisotopic (exact) mass is 461 g/mol. The van der Waals surface area contributed by atoms with Crippen molar-refractivity contribution in [1.29, 1.82) is 0 Å². The van der Waals surface area contributed by atoms with E-state index in [-0.39, 0.29) is 36.0 Å². The highest BCUT2D eigenvalue weighted by Crippen LogP contribution is 2.41. The van der Waals surface area contributed by atoms with Gasteiger partial charge >= 0.3 is 0 Å². The molecule has 34 heavy (non-hydrogen) atoms. The smallest absolute Gasteiger partial charge is 0.256 e. The number of Topliss-reactive ketones (excluding diaryl/α,β-unsaturated/α-hetero) is 1. The van der Waals surface area contributed by atoms with Crippen molar-refractivity contribution >= 4 is 23.1 Å². The van der Waals surface area contributed by atoms with Crippen LogP contribution < -0.4 is 20.9 Å². The zero-order valence-corrected chi connectivity index (χ0v) is 19.1. The van der Waals surface area contributed by atoms with Gasteiger partial charge in [0.1, 0.15) is 17.3 Å². The predicted octanol–water partition coefficient (Wildman–Crippen LogP) is 4.26. The predicted molar refractivity (Wildman–Crippen MR) is 129 cm³/mol. The number of ketones is 1. The van der Waals surface area contributed by atoms with Crippen LogP contribution in [0, 0.1) is 19.7 Å². The SMILES string of the molecule is C=CC(=O)Nc1ccc(Oc2c(C)cc(F)cc2C)c(-c2cn(C)c(=O)c3c2NCC(=O)C3)c1. The molecule has 0 fully saturated rings. The molecule has 1 aromatic heterocycles. The van der Waals surface area contributed by atoms with Crippen molar-refractivity contribution in [3.05, 3.63) is 82.0 Å². The summed E-state index contributed by atoms with van der Waals surface area (Å²) < 4.78 is 21.5. The minimum Gasteiger partial charge on any atom is -0.456 e. The summed E-state index contributed by atoms with van der Waals surface area (Å²) in [5.74, 6) is 0.131. The van der Waals surface area contributed by atoms with Gasteiger partial charge in [-0.15, -0.1) is 0 Å². The van der Waals surface area contributed by atoms with Gasteiger partial charge in [0.15, 0.2) is 5.78 Å². The maximum atomic E-state index is 13.8. The molecule has 0 saturated carbocycles. The first-order chi connectivity index (χ1) is 16.2. The zero-order chi connectivity index (χ0) is 24.6. The maximum Gasteiger partial charge on any atom is 0.256 e. The lowest BCUT2D eigenvalue weighted by Gasteiger charge is -2.23. The zero-order valence-electron chi connectivity index (χ0n) is 19.1. The van der Waals surface area contributed by atoms with E-state index in [1.807, 2.05) is 0 Å². The molecule has 1 aliphatic rings. The number of aromatic nitrogens is 1. The molecule has 7 nitrogen and oxygen atoms in total. The Bertz CT molecular complexity index is 1380. The summed E-state index contributed by atoms with van der Waals surface area (Å²) >= 11 is 0. The summed E-state index contributed by atoms with van der Waals surface area (Å²) in [4.78, 5) is 36.7. The van der Waals surface area contributed by atoms with Crippen molar-refractivity contribution in [3.63, 3.8) is 0 Å². The van der Waals surface area contributed by atoms with Crippen LogP contribution in [0.3, 0.4) is 0 Å². The molecule has 2 N–H and O–H groups in total. The second-order valence-electron chi connectivity index (χ2n) is 8.26. The van der Waals surface area contributed by atoms with E-state index in [2.05, 4.69) is 17.2 Å². The number of nitrogens with one attached hydrogen (secondary N) is 2.